The van der Waals surface area contributed by atoms with Gasteiger partial charge in [0.2, 0.25) is 0 Å². The van der Waals surface area contributed by atoms with Crippen LogP contribution in [0.3, 0.4) is 0 Å². The van der Waals surface area contributed by atoms with Gasteiger partial charge in [-0.3, -0.25) is 8.86 Å². The highest BCUT2D eigenvalue weighted by Crippen LogP contribution is 2.40. The molecule has 1 aromatic rings. The van der Waals surface area contributed by atoms with Crippen LogP contribution in [-0.4, -0.2) is 48.1 Å². The van der Waals surface area contributed by atoms with E-state index in [1.54, 1.807) is 0 Å². The molecule has 0 spiro atoms. The first-order valence-corrected chi connectivity index (χ1v) is 7.44. The Morgan fingerprint density at radius 2 is 1.95 bits per heavy atom. The lowest BCUT2D eigenvalue weighted by molar-refractivity contribution is 0.315. The zero-order valence-corrected chi connectivity index (χ0v) is 11.4. The zero-order valence-electron chi connectivity index (χ0n) is 10.5. The first-order chi connectivity index (χ1) is 9.27. The summed E-state index contributed by atoms with van der Waals surface area (Å²) in [6.07, 6.45) is 0. The predicted molar refractivity (Wildman–Crippen MR) is 75.1 cm³/mol. The number of ether oxygens (including phenoxy) is 1. The molecule has 0 aromatic heterocycles. The molecule has 2 heterocycles. The van der Waals surface area contributed by atoms with Crippen LogP contribution in [0.2, 0.25) is 0 Å². The first-order valence-electron chi connectivity index (χ1n) is 6.37. The quantitative estimate of drug-likeness (QED) is 0.771. The molecule has 19 heavy (non-hydrogen) atoms. The van der Waals surface area contributed by atoms with Gasteiger partial charge in [-0.05, 0) is 12.1 Å². The average molecular weight is 283 g/mol. The Morgan fingerprint density at radius 1 is 1.21 bits per heavy atom. The minimum absolute atomic E-state index is 0.432. The molecule has 3 rings (SSSR count). The summed E-state index contributed by atoms with van der Waals surface area (Å²) in [6.45, 7) is 4.59. The summed E-state index contributed by atoms with van der Waals surface area (Å²) >= 11 is -2.00. The molecule has 104 valence electrons. The lowest BCUT2D eigenvalue weighted by Crippen LogP contribution is -2.44. The Morgan fingerprint density at radius 3 is 2.68 bits per heavy atom. The van der Waals surface area contributed by atoms with Crippen molar-refractivity contribution >= 4 is 22.6 Å². The monoisotopic (exact) mass is 283 g/mol. The van der Waals surface area contributed by atoms with Crippen LogP contribution in [-0.2, 0) is 11.3 Å². The molecule has 0 amide bonds. The van der Waals surface area contributed by atoms with Crippen molar-refractivity contribution in [1.82, 2.24) is 5.32 Å². The number of fused-ring (bicyclic) bond motifs is 1. The molecule has 6 nitrogen and oxygen atoms in total. The summed E-state index contributed by atoms with van der Waals surface area (Å²) in [7, 11) is 0. The summed E-state index contributed by atoms with van der Waals surface area (Å²) in [5.74, 6) is 0.720. The molecule has 2 aliphatic heterocycles. The maximum absolute atomic E-state index is 11.4. The highest BCUT2D eigenvalue weighted by atomic mass is 32.2. The van der Waals surface area contributed by atoms with Crippen LogP contribution < -0.4 is 19.3 Å². The SMILES string of the molecule is O=S(O)N1CCOc2c(N3CCNCC3)cccc21. The van der Waals surface area contributed by atoms with Gasteiger partial charge in [0.25, 0.3) is 11.3 Å². The normalized spacial score (nSPS) is 20.7. The van der Waals surface area contributed by atoms with Gasteiger partial charge in [-0.2, -0.15) is 0 Å². The number of piperazine rings is 1. The van der Waals surface area contributed by atoms with Crippen LogP contribution in [0.15, 0.2) is 18.2 Å². The van der Waals surface area contributed by atoms with Crippen LogP contribution in [0.25, 0.3) is 0 Å². The Kier molecular flexibility index (Phi) is 3.58. The summed E-state index contributed by atoms with van der Waals surface area (Å²) in [6, 6.07) is 5.74. The van der Waals surface area contributed by atoms with Crippen molar-refractivity contribution in [3.63, 3.8) is 0 Å². The van der Waals surface area contributed by atoms with Gasteiger partial charge in [0.15, 0.2) is 5.75 Å². The smallest absolute Gasteiger partial charge is 0.262 e. The van der Waals surface area contributed by atoms with Crippen molar-refractivity contribution in [3.8, 4) is 5.75 Å². The topological polar surface area (TPSA) is 65.0 Å². The lowest BCUT2D eigenvalue weighted by Gasteiger charge is -2.34. The number of hydrogen-bond donors (Lipinski definition) is 2. The van der Waals surface area contributed by atoms with E-state index in [0.717, 1.165) is 37.6 Å². The number of hydrogen-bond acceptors (Lipinski definition) is 4. The van der Waals surface area contributed by atoms with E-state index < -0.39 is 11.3 Å². The van der Waals surface area contributed by atoms with E-state index in [4.69, 9.17) is 4.74 Å². The van der Waals surface area contributed by atoms with Crippen LogP contribution in [0.4, 0.5) is 11.4 Å². The number of rotatable bonds is 2. The second-order valence-electron chi connectivity index (χ2n) is 4.54. The maximum Gasteiger partial charge on any atom is 0.262 e. The minimum Gasteiger partial charge on any atom is -0.487 e. The number of para-hydroxylation sites is 1. The summed E-state index contributed by atoms with van der Waals surface area (Å²) in [5.41, 5.74) is 1.71. The second kappa shape index (κ2) is 5.36. The molecule has 1 fully saturated rings. The van der Waals surface area contributed by atoms with Crippen molar-refractivity contribution in [2.75, 3.05) is 48.5 Å². The van der Waals surface area contributed by atoms with Crippen molar-refractivity contribution in [2.45, 2.75) is 0 Å². The van der Waals surface area contributed by atoms with Crippen molar-refractivity contribution in [1.29, 1.82) is 0 Å². The average Bonchev–Trinajstić information content (AvgIpc) is 2.46. The Hall–Kier alpha value is -1.31. The van der Waals surface area contributed by atoms with E-state index in [0.29, 0.717) is 18.8 Å². The Bertz CT molecular complexity index is 491. The maximum atomic E-state index is 11.4. The zero-order chi connectivity index (χ0) is 13.2. The molecular formula is C12H17N3O3S. The molecule has 0 radical (unpaired) electrons. The van der Waals surface area contributed by atoms with Crippen molar-refractivity contribution in [2.24, 2.45) is 0 Å². The highest BCUT2D eigenvalue weighted by Gasteiger charge is 2.26. The van der Waals surface area contributed by atoms with Crippen molar-refractivity contribution < 1.29 is 13.5 Å². The van der Waals surface area contributed by atoms with Gasteiger partial charge in [-0.1, -0.05) is 6.07 Å². The van der Waals surface area contributed by atoms with E-state index in [9.17, 15) is 8.76 Å². The number of nitrogens with one attached hydrogen (secondary N) is 1. The lowest BCUT2D eigenvalue weighted by atomic mass is 10.2. The van der Waals surface area contributed by atoms with Crippen LogP contribution in [0.1, 0.15) is 0 Å². The molecular weight excluding hydrogens is 266 g/mol. The van der Waals surface area contributed by atoms with Gasteiger partial charge in [0.1, 0.15) is 6.61 Å². The molecule has 1 atom stereocenters. The molecule has 2 aliphatic rings. The summed E-state index contributed by atoms with van der Waals surface area (Å²) in [5, 5.41) is 3.31. The van der Waals surface area contributed by atoms with Gasteiger partial charge >= 0.3 is 0 Å². The molecule has 7 heteroatoms. The van der Waals surface area contributed by atoms with Crippen molar-refractivity contribution in [3.05, 3.63) is 18.2 Å². The summed E-state index contributed by atoms with van der Waals surface area (Å²) < 4.78 is 27.9. The fraction of sp³-hybridized carbons (Fsp3) is 0.500. The fourth-order valence-corrected chi connectivity index (χ4v) is 3.07. The van der Waals surface area contributed by atoms with E-state index in [1.807, 2.05) is 18.2 Å². The van der Waals surface area contributed by atoms with Crippen LogP contribution in [0, 0.1) is 0 Å². The Labute approximate surface area is 114 Å². The standard InChI is InChI=1S/C12H17N3O3S/c16-19(17)15-8-9-18-12-10(2-1-3-11(12)15)14-6-4-13-5-7-14/h1-3,13H,4-9H2,(H,16,17). The van der Waals surface area contributed by atoms with Gasteiger partial charge in [0, 0.05) is 26.2 Å². The molecule has 0 bridgehead atoms. The Balaban J connectivity index is 1.98. The third kappa shape index (κ3) is 2.41. The molecule has 0 aliphatic carbocycles. The predicted octanol–water partition coefficient (Wildman–Crippen LogP) is 0.432. The largest absolute Gasteiger partial charge is 0.487 e. The summed E-state index contributed by atoms with van der Waals surface area (Å²) in [4.78, 5) is 2.25. The molecule has 1 saturated heterocycles. The van der Waals surface area contributed by atoms with E-state index >= 15 is 0 Å². The van der Waals surface area contributed by atoms with E-state index in [-0.39, 0.29) is 0 Å². The molecule has 0 saturated carbocycles. The number of anilines is 2. The van der Waals surface area contributed by atoms with Gasteiger partial charge in [-0.25, -0.2) is 4.21 Å². The van der Waals surface area contributed by atoms with Gasteiger partial charge in [0.05, 0.1) is 17.9 Å². The van der Waals surface area contributed by atoms with Crippen LogP contribution in [0.5, 0.6) is 5.75 Å². The van der Waals surface area contributed by atoms with Gasteiger partial charge < -0.3 is 15.0 Å². The fourth-order valence-electron chi connectivity index (χ4n) is 2.53. The minimum atomic E-state index is -2.00. The highest BCUT2D eigenvalue weighted by molar-refractivity contribution is 7.80. The number of benzene rings is 1. The van der Waals surface area contributed by atoms with Crippen LogP contribution >= 0.6 is 0 Å². The number of nitrogens with zero attached hydrogens (tertiary/aromatic N) is 2. The van der Waals surface area contributed by atoms with Gasteiger partial charge in [-0.15, -0.1) is 0 Å². The second-order valence-corrected chi connectivity index (χ2v) is 5.45. The third-order valence-corrected chi connectivity index (χ3v) is 4.19. The molecule has 2 N–H and O–H groups in total. The molecule has 1 aromatic carbocycles. The third-order valence-electron chi connectivity index (χ3n) is 3.43. The van der Waals surface area contributed by atoms with E-state index in [2.05, 4.69) is 10.2 Å². The molecule has 1 unspecified atom stereocenters. The van der Waals surface area contributed by atoms with E-state index in [1.165, 1.54) is 4.31 Å². The first kappa shape index (κ1) is 12.7.